The second-order valence-corrected chi connectivity index (χ2v) is 8.56. The van der Waals surface area contributed by atoms with Crippen LogP contribution in [-0.2, 0) is 6.42 Å². The van der Waals surface area contributed by atoms with E-state index >= 15 is 0 Å². The molecule has 2 aliphatic heterocycles. The van der Waals surface area contributed by atoms with Crippen molar-refractivity contribution < 1.29 is 9.47 Å². The van der Waals surface area contributed by atoms with Gasteiger partial charge in [-0.05, 0) is 56.4 Å². The van der Waals surface area contributed by atoms with Gasteiger partial charge in [0, 0.05) is 48.7 Å². The van der Waals surface area contributed by atoms with Crippen LogP contribution >= 0.6 is 0 Å². The van der Waals surface area contributed by atoms with E-state index in [-0.39, 0.29) is 0 Å². The van der Waals surface area contributed by atoms with Gasteiger partial charge in [0.15, 0.2) is 17.3 Å². The molecular weight excluding hydrogens is 390 g/mol. The molecular formula is C24H27N5O2. The smallest absolute Gasteiger partial charge is 0.231 e. The summed E-state index contributed by atoms with van der Waals surface area (Å²) in [5.41, 5.74) is 3.87. The van der Waals surface area contributed by atoms with Crippen molar-refractivity contribution in [1.29, 1.82) is 0 Å². The average Bonchev–Trinajstić information content (AvgIpc) is 3.47. The van der Waals surface area contributed by atoms with Crippen LogP contribution in [0.2, 0.25) is 0 Å². The fourth-order valence-electron chi connectivity index (χ4n) is 5.08. The molecule has 4 heterocycles. The van der Waals surface area contributed by atoms with E-state index in [9.17, 15) is 0 Å². The first-order chi connectivity index (χ1) is 15.3. The number of benzene rings is 1. The van der Waals surface area contributed by atoms with E-state index in [1.165, 1.54) is 29.8 Å². The molecule has 0 bridgehead atoms. The molecule has 7 nitrogen and oxygen atoms in total. The summed E-state index contributed by atoms with van der Waals surface area (Å²) in [6, 6.07) is 13.2. The number of ether oxygens (including phenoxy) is 2. The Morgan fingerprint density at radius 2 is 1.90 bits per heavy atom. The lowest BCUT2D eigenvalue weighted by atomic mass is 9.91. The first-order valence-electron chi connectivity index (χ1n) is 11.2. The molecule has 2 aromatic heterocycles. The minimum Gasteiger partial charge on any atom is -0.454 e. The summed E-state index contributed by atoms with van der Waals surface area (Å²) in [5.74, 6) is 2.61. The maximum Gasteiger partial charge on any atom is 0.231 e. The molecule has 7 heteroatoms. The first-order valence-corrected chi connectivity index (χ1v) is 11.2. The van der Waals surface area contributed by atoms with Crippen molar-refractivity contribution in [3.8, 4) is 17.3 Å². The van der Waals surface area contributed by atoms with Crippen LogP contribution in [0.25, 0.3) is 5.82 Å². The number of nitrogens with zero attached hydrogens (tertiary/aromatic N) is 4. The lowest BCUT2D eigenvalue weighted by Crippen LogP contribution is -2.44. The van der Waals surface area contributed by atoms with Crippen molar-refractivity contribution in [2.45, 2.75) is 44.2 Å². The minimum absolute atomic E-state index is 0.324. The second kappa shape index (κ2) is 7.89. The van der Waals surface area contributed by atoms with Crippen LogP contribution in [0.15, 0.2) is 48.8 Å². The van der Waals surface area contributed by atoms with E-state index < -0.39 is 0 Å². The molecule has 1 atom stereocenters. The van der Waals surface area contributed by atoms with Crippen molar-refractivity contribution >= 4 is 5.69 Å². The Hall–Kier alpha value is -3.06. The molecule has 3 aliphatic rings. The van der Waals surface area contributed by atoms with E-state index in [0.29, 0.717) is 18.9 Å². The number of piperidine rings is 1. The normalized spacial score (nSPS) is 20.6. The highest BCUT2D eigenvalue weighted by atomic mass is 16.7. The molecule has 0 saturated carbocycles. The molecule has 31 heavy (non-hydrogen) atoms. The summed E-state index contributed by atoms with van der Waals surface area (Å²) in [6.07, 6.45) is 9.55. The summed E-state index contributed by atoms with van der Waals surface area (Å²) in [7, 11) is 0. The Morgan fingerprint density at radius 3 is 2.77 bits per heavy atom. The maximum absolute atomic E-state index is 5.55. The lowest BCUT2D eigenvalue weighted by Gasteiger charge is -2.36. The van der Waals surface area contributed by atoms with Crippen LogP contribution in [0.5, 0.6) is 11.5 Å². The third-order valence-electron chi connectivity index (χ3n) is 6.70. The van der Waals surface area contributed by atoms with Gasteiger partial charge < -0.3 is 19.7 Å². The van der Waals surface area contributed by atoms with Gasteiger partial charge in [-0.15, -0.1) is 0 Å². The molecule has 1 saturated heterocycles. The Morgan fingerprint density at radius 1 is 1.00 bits per heavy atom. The van der Waals surface area contributed by atoms with Crippen LogP contribution < -0.4 is 19.7 Å². The highest BCUT2D eigenvalue weighted by molar-refractivity contribution is 5.57. The van der Waals surface area contributed by atoms with Crippen LogP contribution in [0, 0.1) is 0 Å². The number of fused-ring (bicyclic) bond motifs is 2. The SMILES string of the molecule is c1ccc(-n2ncc3c2CCCC3NC2CCN(c3ccc4c(c3)OCO4)CC2)nc1. The fourth-order valence-corrected chi connectivity index (χ4v) is 5.08. The zero-order valence-electron chi connectivity index (χ0n) is 17.5. The van der Waals surface area contributed by atoms with Gasteiger partial charge in [-0.1, -0.05) is 6.07 Å². The fraction of sp³-hybridized carbons (Fsp3) is 0.417. The van der Waals surface area contributed by atoms with Gasteiger partial charge in [-0.2, -0.15) is 5.10 Å². The zero-order chi connectivity index (χ0) is 20.6. The van der Waals surface area contributed by atoms with Crippen molar-refractivity contribution in [3.63, 3.8) is 0 Å². The number of hydrogen-bond acceptors (Lipinski definition) is 6. The predicted molar refractivity (Wildman–Crippen MR) is 118 cm³/mol. The molecule has 0 amide bonds. The number of hydrogen-bond donors (Lipinski definition) is 1. The minimum atomic E-state index is 0.324. The predicted octanol–water partition coefficient (Wildman–Crippen LogP) is 3.63. The Balaban J connectivity index is 1.12. The van der Waals surface area contributed by atoms with E-state index in [4.69, 9.17) is 9.47 Å². The largest absolute Gasteiger partial charge is 0.454 e. The standard InChI is InChI=1S/C24H27N5O2/c1-2-11-25-24(6-1)29-21-5-3-4-20(19(21)15-26-29)27-17-9-12-28(13-10-17)18-7-8-22-23(14-18)31-16-30-22/h1-2,6-8,11,14-15,17,20,27H,3-5,9-10,12-13,16H2. The van der Waals surface area contributed by atoms with Crippen molar-refractivity contribution in [2.24, 2.45) is 0 Å². The van der Waals surface area contributed by atoms with Crippen molar-refractivity contribution in [3.05, 3.63) is 60.0 Å². The molecule has 1 unspecified atom stereocenters. The van der Waals surface area contributed by atoms with Gasteiger partial charge in [-0.25, -0.2) is 9.67 Å². The van der Waals surface area contributed by atoms with Gasteiger partial charge in [0.1, 0.15) is 0 Å². The van der Waals surface area contributed by atoms with Gasteiger partial charge in [0.05, 0.1) is 11.9 Å². The van der Waals surface area contributed by atoms with Crippen molar-refractivity contribution in [2.75, 3.05) is 24.8 Å². The highest BCUT2D eigenvalue weighted by Gasteiger charge is 2.29. The van der Waals surface area contributed by atoms with Crippen LogP contribution in [0.1, 0.15) is 43.0 Å². The topological polar surface area (TPSA) is 64.4 Å². The first kappa shape index (κ1) is 18.7. The molecule has 0 spiro atoms. The molecule has 6 rings (SSSR count). The molecule has 160 valence electrons. The van der Waals surface area contributed by atoms with Gasteiger partial charge in [0.25, 0.3) is 0 Å². The quantitative estimate of drug-likeness (QED) is 0.699. The summed E-state index contributed by atoms with van der Waals surface area (Å²) >= 11 is 0. The zero-order valence-corrected chi connectivity index (χ0v) is 17.5. The summed E-state index contributed by atoms with van der Waals surface area (Å²) in [5, 5.41) is 8.62. The van der Waals surface area contributed by atoms with Gasteiger partial charge in [0.2, 0.25) is 6.79 Å². The number of pyridine rings is 1. The Bertz CT molecular complexity index is 1060. The Labute approximate surface area is 182 Å². The van der Waals surface area contributed by atoms with Crippen LogP contribution in [0.4, 0.5) is 5.69 Å². The van der Waals surface area contributed by atoms with E-state index in [1.54, 1.807) is 0 Å². The number of aromatic nitrogens is 3. The molecule has 1 aliphatic carbocycles. The molecule has 3 aromatic rings. The van der Waals surface area contributed by atoms with Crippen LogP contribution in [-0.4, -0.2) is 40.7 Å². The van der Waals surface area contributed by atoms with Crippen molar-refractivity contribution in [1.82, 2.24) is 20.1 Å². The Kier molecular flexibility index (Phi) is 4.76. The molecule has 1 aromatic carbocycles. The lowest BCUT2D eigenvalue weighted by molar-refractivity contribution is 0.174. The van der Waals surface area contributed by atoms with Gasteiger partial charge in [-0.3, -0.25) is 0 Å². The number of anilines is 1. The highest BCUT2D eigenvalue weighted by Crippen LogP contribution is 2.37. The van der Waals surface area contributed by atoms with E-state index in [0.717, 1.165) is 49.7 Å². The molecule has 1 N–H and O–H groups in total. The molecule has 1 fully saturated rings. The number of rotatable bonds is 4. The summed E-state index contributed by atoms with van der Waals surface area (Å²) in [6.45, 7) is 2.42. The second-order valence-electron chi connectivity index (χ2n) is 8.56. The van der Waals surface area contributed by atoms with Crippen LogP contribution in [0.3, 0.4) is 0 Å². The maximum atomic E-state index is 5.55. The van der Waals surface area contributed by atoms with Gasteiger partial charge >= 0.3 is 0 Å². The van der Waals surface area contributed by atoms with E-state index in [2.05, 4.69) is 32.4 Å². The van der Waals surface area contributed by atoms with E-state index in [1.807, 2.05) is 41.3 Å². The third-order valence-corrected chi connectivity index (χ3v) is 6.70. The summed E-state index contributed by atoms with van der Waals surface area (Å²) in [4.78, 5) is 6.94. The summed E-state index contributed by atoms with van der Waals surface area (Å²) < 4.78 is 13.0. The average molecular weight is 418 g/mol. The molecule has 0 radical (unpaired) electrons. The monoisotopic (exact) mass is 417 g/mol. The third kappa shape index (κ3) is 3.53. The number of nitrogens with one attached hydrogen (secondary N) is 1.